The van der Waals surface area contributed by atoms with Crippen molar-refractivity contribution in [1.29, 1.82) is 0 Å². The van der Waals surface area contributed by atoms with Crippen molar-refractivity contribution in [2.45, 2.75) is 57.3 Å². The van der Waals surface area contributed by atoms with E-state index in [9.17, 15) is 26.3 Å². The summed E-state index contributed by atoms with van der Waals surface area (Å²) in [5, 5.41) is 0. The van der Waals surface area contributed by atoms with Crippen molar-refractivity contribution in [2.75, 3.05) is 0 Å². The molecular weight excluding hydrogens is 222 g/mol. The molecule has 0 aromatic heterocycles. The van der Waals surface area contributed by atoms with Gasteiger partial charge in [0.05, 0.1) is 0 Å². The van der Waals surface area contributed by atoms with E-state index in [2.05, 4.69) is 0 Å². The van der Waals surface area contributed by atoms with E-state index < -0.39 is 25.2 Å². The predicted molar refractivity (Wildman–Crippen MR) is 44.4 cm³/mol. The molecule has 0 amide bonds. The van der Waals surface area contributed by atoms with E-state index in [1.807, 2.05) is 0 Å². The first-order chi connectivity index (χ1) is 6.71. The quantitative estimate of drug-likeness (QED) is 0.457. The minimum Gasteiger partial charge on any atom is -0.171 e. The van der Waals surface area contributed by atoms with Gasteiger partial charge in [0.2, 0.25) is 0 Å². The normalized spacial score (nSPS) is 13.2. The SMILES string of the molecule is FC(F)(F)CCCCCCCC(F)(F)F. The van der Waals surface area contributed by atoms with E-state index in [1.165, 1.54) is 0 Å². The molecule has 0 spiro atoms. The van der Waals surface area contributed by atoms with Crippen LogP contribution in [-0.4, -0.2) is 12.4 Å². The van der Waals surface area contributed by atoms with Crippen LogP contribution in [0.15, 0.2) is 0 Å². The summed E-state index contributed by atoms with van der Waals surface area (Å²) in [4.78, 5) is 0. The van der Waals surface area contributed by atoms with Gasteiger partial charge in [0.1, 0.15) is 0 Å². The molecule has 0 aliphatic heterocycles. The Labute approximate surface area is 84.7 Å². The summed E-state index contributed by atoms with van der Waals surface area (Å²) in [5.41, 5.74) is 0. The minimum atomic E-state index is -4.15. The fraction of sp³-hybridized carbons (Fsp3) is 1.00. The van der Waals surface area contributed by atoms with Gasteiger partial charge in [0, 0.05) is 12.8 Å². The number of rotatable bonds is 6. The molecule has 0 nitrogen and oxygen atoms in total. The smallest absolute Gasteiger partial charge is 0.171 e. The summed E-state index contributed by atoms with van der Waals surface area (Å²) in [5.74, 6) is 0. The van der Waals surface area contributed by atoms with Gasteiger partial charge >= 0.3 is 12.4 Å². The van der Waals surface area contributed by atoms with E-state index in [4.69, 9.17) is 0 Å². The van der Waals surface area contributed by atoms with Crippen molar-refractivity contribution >= 4 is 0 Å². The first kappa shape index (κ1) is 14.6. The van der Waals surface area contributed by atoms with Crippen molar-refractivity contribution < 1.29 is 26.3 Å². The topological polar surface area (TPSA) is 0 Å². The lowest BCUT2D eigenvalue weighted by Gasteiger charge is -2.06. The summed E-state index contributed by atoms with van der Waals surface area (Å²) in [6.45, 7) is 0. The zero-order valence-electron chi connectivity index (χ0n) is 8.22. The first-order valence-corrected chi connectivity index (χ1v) is 4.84. The predicted octanol–water partition coefficient (Wildman–Crippen LogP) is 4.84. The third-order valence-corrected chi connectivity index (χ3v) is 1.92. The molecule has 0 heterocycles. The molecule has 0 unspecified atom stereocenters. The number of hydrogen-bond donors (Lipinski definition) is 0. The highest BCUT2D eigenvalue weighted by molar-refractivity contribution is 4.54. The average Bonchev–Trinajstić information content (AvgIpc) is 1.98. The van der Waals surface area contributed by atoms with Gasteiger partial charge in [-0.05, 0) is 12.8 Å². The molecule has 0 rings (SSSR count). The van der Waals surface area contributed by atoms with Gasteiger partial charge < -0.3 is 0 Å². The van der Waals surface area contributed by atoms with Crippen LogP contribution in [0.4, 0.5) is 26.3 Å². The molecule has 0 aromatic carbocycles. The fourth-order valence-electron chi connectivity index (χ4n) is 1.18. The lowest BCUT2D eigenvalue weighted by molar-refractivity contribution is -0.135. The molecule has 0 fully saturated rings. The molecule has 0 bridgehead atoms. The van der Waals surface area contributed by atoms with E-state index in [0.29, 0.717) is 19.3 Å². The molecule has 0 aliphatic rings. The van der Waals surface area contributed by atoms with Gasteiger partial charge in [0.15, 0.2) is 0 Å². The lowest BCUT2D eigenvalue weighted by Crippen LogP contribution is -2.07. The molecule has 0 atom stereocenters. The Kier molecular flexibility index (Phi) is 6.05. The molecule has 6 heteroatoms. The standard InChI is InChI=1S/C9H14F6/c10-8(11,12)6-4-2-1-3-5-7-9(13,14)15/h1-7H2. The van der Waals surface area contributed by atoms with Crippen molar-refractivity contribution in [3.05, 3.63) is 0 Å². The number of alkyl halides is 6. The van der Waals surface area contributed by atoms with Crippen LogP contribution in [0.5, 0.6) is 0 Å². The zero-order valence-corrected chi connectivity index (χ0v) is 8.22. The van der Waals surface area contributed by atoms with Gasteiger partial charge in [0.25, 0.3) is 0 Å². The summed E-state index contributed by atoms with van der Waals surface area (Å²) in [7, 11) is 0. The molecule has 92 valence electrons. The zero-order chi connectivity index (χ0) is 11.9. The van der Waals surface area contributed by atoms with E-state index >= 15 is 0 Å². The molecule has 0 aliphatic carbocycles. The van der Waals surface area contributed by atoms with Crippen LogP contribution in [0, 0.1) is 0 Å². The molecule has 0 saturated heterocycles. The largest absolute Gasteiger partial charge is 0.389 e. The Balaban J connectivity index is 3.20. The molecular formula is C9H14F6. The van der Waals surface area contributed by atoms with Crippen LogP contribution in [0.25, 0.3) is 0 Å². The van der Waals surface area contributed by atoms with Crippen molar-refractivity contribution in [3.63, 3.8) is 0 Å². The van der Waals surface area contributed by atoms with Crippen LogP contribution in [0.3, 0.4) is 0 Å². The molecule has 0 N–H and O–H groups in total. The highest BCUT2D eigenvalue weighted by atomic mass is 19.4. The monoisotopic (exact) mass is 236 g/mol. The van der Waals surface area contributed by atoms with Crippen LogP contribution >= 0.6 is 0 Å². The Morgan fingerprint density at radius 1 is 0.467 bits per heavy atom. The summed E-state index contributed by atoms with van der Waals surface area (Å²) < 4.78 is 69.8. The van der Waals surface area contributed by atoms with Gasteiger partial charge in [-0.2, -0.15) is 26.3 Å². The van der Waals surface area contributed by atoms with Crippen LogP contribution < -0.4 is 0 Å². The number of halogens is 6. The second-order valence-electron chi connectivity index (χ2n) is 3.50. The average molecular weight is 236 g/mol. The summed E-state index contributed by atoms with van der Waals surface area (Å²) >= 11 is 0. The summed E-state index contributed by atoms with van der Waals surface area (Å²) in [6, 6.07) is 0. The van der Waals surface area contributed by atoms with E-state index in [-0.39, 0.29) is 12.8 Å². The molecule has 0 saturated carbocycles. The van der Waals surface area contributed by atoms with Crippen LogP contribution in [0.2, 0.25) is 0 Å². The lowest BCUT2D eigenvalue weighted by atomic mass is 10.1. The van der Waals surface area contributed by atoms with Crippen LogP contribution in [-0.2, 0) is 0 Å². The molecule has 0 radical (unpaired) electrons. The minimum absolute atomic E-state index is 0.00944. The van der Waals surface area contributed by atoms with Crippen molar-refractivity contribution in [1.82, 2.24) is 0 Å². The maximum absolute atomic E-state index is 11.6. The van der Waals surface area contributed by atoms with Crippen LogP contribution in [0.1, 0.15) is 44.9 Å². The summed E-state index contributed by atoms with van der Waals surface area (Å²) in [6.07, 6.45) is -8.83. The highest BCUT2D eigenvalue weighted by Gasteiger charge is 2.26. The Bertz CT molecular complexity index is 139. The van der Waals surface area contributed by atoms with Crippen molar-refractivity contribution in [3.8, 4) is 0 Å². The van der Waals surface area contributed by atoms with Gasteiger partial charge in [-0.25, -0.2) is 0 Å². The Morgan fingerprint density at radius 2 is 0.733 bits per heavy atom. The molecule has 0 aromatic rings. The Hall–Kier alpha value is -0.420. The molecule has 15 heavy (non-hydrogen) atoms. The van der Waals surface area contributed by atoms with Crippen molar-refractivity contribution in [2.24, 2.45) is 0 Å². The van der Waals surface area contributed by atoms with E-state index in [1.54, 1.807) is 0 Å². The second kappa shape index (κ2) is 6.23. The van der Waals surface area contributed by atoms with Gasteiger partial charge in [-0.3, -0.25) is 0 Å². The Morgan fingerprint density at radius 3 is 1.00 bits per heavy atom. The second-order valence-corrected chi connectivity index (χ2v) is 3.50. The maximum Gasteiger partial charge on any atom is 0.389 e. The van der Waals surface area contributed by atoms with Gasteiger partial charge in [-0.1, -0.05) is 19.3 Å². The first-order valence-electron chi connectivity index (χ1n) is 4.84. The third-order valence-electron chi connectivity index (χ3n) is 1.92. The third kappa shape index (κ3) is 13.6. The maximum atomic E-state index is 11.6. The number of hydrogen-bond acceptors (Lipinski definition) is 0. The number of unbranched alkanes of at least 4 members (excludes halogenated alkanes) is 4. The van der Waals surface area contributed by atoms with E-state index in [0.717, 1.165) is 0 Å². The van der Waals surface area contributed by atoms with Gasteiger partial charge in [-0.15, -0.1) is 0 Å². The fourth-order valence-corrected chi connectivity index (χ4v) is 1.18. The highest BCUT2D eigenvalue weighted by Crippen LogP contribution is 2.25.